The molecule has 0 N–H and O–H groups in total. The Kier molecular flexibility index (Phi) is 2.33. The Balaban J connectivity index is 2.50. The number of aromatic nitrogens is 1. The summed E-state index contributed by atoms with van der Waals surface area (Å²) < 4.78 is 11.3. The van der Waals surface area contributed by atoms with Gasteiger partial charge in [-0.15, -0.1) is 0 Å². The van der Waals surface area contributed by atoms with Crippen LogP contribution in [0.3, 0.4) is 0 Å². The average molecular weight is 205 g/mol. The lowest BCUT2D eigenvalue weighted by Crippen LogP contribution is -2.12. The predicted molar refractivity (Wildman–Crippen MR) is 55.6 cm³/mol. The molecule has 2 aromatic rings. The summed E-state index contributed by atoms with van der Waals surface area (Å²) in [4.78, 5) is 11.4. The molecule has 0 bridgehead atoms. The molecular weight excluding hydrogens is 194 g/mol. The van der Waals surface area contributed by atoms with Crippen LogP contribution in [0.5, 0.6) is 5.75 Å². The van der Waals surface area contributed by atoms with Gasteiger partial charge in [0.1, 0.15) is 12.0 Å². The standard InChI is InChI=1S/C11H11NO3/c1-8-7-15-11(13)12(8)9-3-5-10(14-2)6-4-9/h3-7H,1-2H3. The Labute approximate surface area is 86.7 Å². The van der Waals surface area contributed by atoms with Gasteiger partial charge in [0.05, 0.1) is 18.5 Å². The van der Waals surface area contributed by atoms with Gasteiger partial charge in [-0.1, -0.05) is 0 Å². The fourth-order valence-corrected chi connectivity index (χ4v) is 1.43. The summed E-state index contributed by atoms with van der Waals surface area (Å²) >= 11 is 0. The van der Waals surface area contributed by atoms with Crippen molar-refractivity contribution in [3.63, 3.8) is 0 Å². The fourth-order valence-electron chi connectivity index (χ4n) is 1.43. The van der Waals surface area contributed by atoms with Crippen LogP contribution in [-0.2, 0) is 0 Å². The summed E-state index contributed by atoms with van der Waals surface area (Å²) in [5.74, 6) is 0.380. The number of ether oxygens (including phenoxy) is 1. The SMILES string of the molecule is COc1ccc(-n2c(C)coc2=O)cc1. The van der Waals surface area contributed by atoms with E-state index in [1.807, 2.05) is 19.1 Å². The van der Waals surface area contributed by atoms with Gasteiger partial charge >= 0.3 is 5.76 Å². The first-order chi connectivity index (χ1) is 7.22. The van der Waals surface area contributed by atoms with E-state index in [0.29, 0.717) is 0 Å². The molecule has 4 nitrogen and oxygen atoms in total. The summed E-state index contributed by atoms with van der Waals surface area (Å²) in [6.45, 7) is 1.81. The molecule has 0 saturated carbocycles. The second-order valence-corrected chi connectivity index (χ2v) is 3.18. The van der Waals surface area contributed by atoms with Gasteiger partial charge < -0.3 is 9.15 Å². The third kappa shape index (κ3) is 1.66. The van der Waals surface area contributed by atoms with Crippen LogP contribution in [0, 0.1) is 6.92 Å². The van der Waals surface area contributed by atoms with Crippen LogP contribution in [0.25, 0.3) is 5.69 Å². The number of methoxy groups -OCH3 is 1. The van der Waals surface area contributed by atoms with Gasteiger partial charge in [-0.05, 0) is 31.2 Å². The van der Waals surface area contributed by atoms with Crippen molar-refractivity contribution in [2.75, 3.05) is 7.11 Å². The Morgan fingerprint density at radius 1 is 1.27 bits per heavy atom. The third-order valence-corrected chi connectivity index (χ3v) is 2.20. The highest BCUT2D eigenvalue weighted by molar-refractivity contribution is 5.38. The van der Waals surface area contributed by atoms with Crippen molar-refractivity contribution < 1.29 is 9.15 Å². The molecule has 0 fully saturated rings. The first kappa shape index (κ1) is 9.58. The van der Waals surface area contributed by atoms with Gasteiger partial charge in [0.2, 0.25) is 0 Å². The molecule has 2 rings (SSSR count). The van der Waals surface area contributed by atoms with E-state index in [2.05, 4.69) is 0 Å². The molecule has 1 aromatic heterocycles. The van der Waals surface area contributed by atoms with E-state index in [-0.39, 0.29) is 5.76 Å². The van der Waals surface area contributed by atoms with Gasteiger partial charge in [-0.3, -0.25) is 0 Å². The molecule has 15 heavy (non-hydrogen) atoms. The van der Waals surface area contributed by atoms with Gasteiger partial charge in [0.15, 0.2) is 0 Å². The number of hydrogen-bond acceptors (Lipinski definition) is 3. The summed E-state index contributed by atoms with van der Waals surface area (Å²) in [5.41, 5.74) is 1.54. The second kappa shape index (κ2) is 3.65. The monoisotopic (exact) mass is 205 g/mol. The molecule has 0 aliphatic rings. The Bertz CT molecular complexity index is 507. The quantitative estimate of drug-likeness (QED) is 0.750. The van der Waals surface area contributed by atoms with Gasteiger partial charge in [0.25, 0.3) is 0 Å². The minimum atomic E-state index is -0.377. The molecule has 0 radical (unpaired) electrons. The minimum absolute atomic E-state index is 0.377. The molecule has 0 saturated heterocycles. The summed E-state index contributed by atoms with van der Waals surface area (Å²) in [6, 6.07) is 7.22. The lowest BCUT2D eigenvalue weighted by atomic mass is 10.3. The van der Waals surface area contributed by atoms with Crippen LogP contribution in [0.4, 0.5) is 0 Å². The topological polar surface area (TPSA) is 44.4 Å². The highest BCUT2D eigenvalue weighted by Gasteiger charge is 2.06. The molecule has 0 unspecified atom stereocenters. The first-order valence-electron chi connectivity index (χ1n) is 4.54. The zero-order valence-corrected chi connectivity index (χ0v) is 8.56. The van der Waals surface area contributed by atoms with E-state index in [0.717, 1.165) is 17.1 Å². The molecule has 1 heterocycles. The van der Waals surface area contributed by atoms with Gasteiger partial charge in [-0.2, -0.15) is 0 Å². The molecule has 0 atom stereocenters. The van der Waals surface area contributed by atoms with E-state index >= 15 is 0 Å². The normalized spacial score (nSPS) is 10.3. The maximum Gasteiger partial charge on any atom is 0.423 e. The number of aryl methyl sites for hydroxylation is 1. The molecule has 0 amide bonds. The lowest BCUT2D eigenvalue weighted by molar-refractivity contribution is 0.414. The van der Waals surface area contributed by atoms with E-state index in [1.165, 1.54) is 10.8 Å². The number of rotatable bonds is 2. The van der Waals surface area contributed by atoms with Crippen molar-refractivity contribution in [2.24, 2.45) is 0 Å². The lowest BCUT2D eigenvalue weighted by Gasteiger charge is -2.04. The van der Waals surface area contributed by atoms with E-state index < -0.39 is 0 Å². The van der Waals surface area contributed by atoms with Crippen LogP contribution in [0.2, 0.25) is 0 Å². The zero-order valence-electron chi connectivity index (χ0n) is 8.56. The van der Waals surface area contributed by atoms with Crippen molar-refractivity contribution in [3.05, 3.63) is 46.8 Å². The number of benzene rings is 1. The smallest absolute Gasteiger partial charge is 0.423 e. The third-order valence-electron chi connectivity index (χ3n) is 2.20. The first-order valence-corrected chi connectivity index (χ1v) is 4.54. The molecule has 0 aliphatic carbocycles. The van der Waals surface area contributed by atoms with Gasteiger partial charge in [-0.25, -0.2) is 9.36 Å². The number of hydrogen-bond donors (Lipinski definition) is 0. The average Bonchev–Trinajstić information content (AvgIpc) is 2.59. The molecule has 1 aromatic carbocycles. The zero-order chi connectivity index (χ0) is 10.8. The molecular formula is C11H11NO3. The van der Waals surface area contributed by atoms with Crippen molar-refractivity contribution in [1.82, 2.24) is 4.57 Å². The molecule has 0 spiro atoms. The molecule has 0 aliphatic heterocycles. The largest absolute Gasteiger partial charge is 0.497 e. The Hall–Kier alpha value is -1.97. The van der Waals surface area contributed by atoms with Crippen molar-refractivity contribution in [3.8, 4) is 11.4 Å². The predicted octanol–water partition coefficient (Wildman–Crippen LogP) is 1.75. The van der Waals surface area contributed by atoms with E-state index in [9.17, 15) is 4.79 Å². The summed E-state index contributed by atoms with van der Waals surface area (Å²) in [5, 5.41) is 0. The highest BCUT2D eigenvalue weighted by atomic mass is 16.5. The van der Waals surface area contributed by atoms with Crippen LogP contribution in [0.15, 0.2) is 39.7 Å². The molecule has 78 valence electrons. The summed E-state index contributed by atoms with van der Waals surface area (Å²) in [7, 11) is 1.60. The van der Waals surface area contributed by atoms with Gasteiger partial charge in [0, 0.05) is 0 Å². The summed E-state index contributed by atoms with van der Waals surface area (Å²) in [6.07, 6.45) is 1.44. The Morgan fingerprint density at radius 3 is 2.40 bits per heavy atom. The van der Waals surface area contributed by atoms with Crippen LogP contribution in [0.1, 0.15) is 5.69 Å². The fraction of sp³-hybridized carbons (Fsp3) is 0.182. The molecule has 4 heteroatoms. The van der Waals surface area contributed by atoms with Crippen LogP contribution in [-0.4, -0.2) is 11.7 Å². The second-order valence-electron chi connectivity index (χ2n) is 3.18. The Morgan fingerprint density at radius 2 is 1.93 bits per heavy atom. The van der Waals surface area contributed by atoms with E-state index in [4.69, 9.17) is 9.15 Å². The van der Waals surface area contributed by atoms with Crippen molar-refractivity contribution in [2.45, 2.75) is 6.92 Å². The maximum absolute atomic E-state index is 11.4. The van der Waals surface area contributed by atoms with Crippen LogP contribution >= 0.6 is 0 Å². The number of oxazole rings is 1. The van der Waals surface area contributed by atoms with E-state index in [1.54, 1.807) is 19.2 Å². The van der Waals surface area contributed by atoms with Crippen molar-refractivity contribution in [1.29, 1.82) is 0 Å². The van der Waals surface area contributed by atoms with Crippen molar-refractivity contribution >= 4 is 0 Å². The minimum Gasteiger partial charge on any atom is -0.497 e. The highest BCUT2D eigenvalue weighted by Crippen LogP contribution is 2.14. The van der Waals surface area contributed by atoms with Crippen LogP contribution < -0.4 is 10.5 Å². The maximum atomic E-state index is 11.4. The number of nitrogens with zero attached hydrogens (tertiary/aromatic N) is 1.